The lowest BCUT2D eigenvalue weighted by Crippen LogP contribution is -2.40. The highest BCUT2D eigenvalue weighted by molar-refractivity contribution is 6.06. The SMILES string of the molecule is CCCC(CCO)N(CCCCn1c(CCOC)nc2c(N)nc3ccccc3c21)C(C)=O. The number of aryl methyl sites for hydroxylation is 1. The van der Waals surface area contributed by atoms with E-state index in [1.807, 2.05) is 23.1 Å². The van der Waals surface area contributed by atoms with E-state index in [-0.39, 0.29) is 18.6 Å². The van der Waals surface area contributed by atoms with E-state index in [4.69, 9.17) is 15.5 Å². The normalized spacial score (nSPS) is 12.5. The van der Waals surface area contributed by atoms with Gasteiger partial charge in [0, 0.05) is 51.6 Å². The number of anilines is 1. The van der Waals surface area contributed by atoms with Gasteiger partial charge < -0.3 is 25.0 Å². The van der Waals surface area contributed by atoms with E-state index in [0.717, 1.165) is 60.0 Å². The molecule has 3 N–H and O–H groups in total. The Balaban J connectivity index is 1.83. The highest BCUT2D eigenvalue weighted by Crippen LogP contribution is 2.29. The number of nitrogens with zero attached hydrogens (tertiary/aromatic N) is 4. The number of para-hydroxylation sites is 1. The summed E-state index contributed by atoms with van der Waals surface area (Å²) in [5.41, 5.74) is 8.87. The molecule has 180 valence electrons. The van der Waals surface area contributed by atoms with Crippen molar-refractivity contribution >= 4 is 33.7 Å². The quantitative estimate of drug-likeness (QED) is 0.382. The Morgan fingerprint density at radius 1 is 1.24 bits per heavy atom. The number of rotatable bonds is 13. The van der Waals surface area contributed by atoms with E-state index in [9.17, 15) is 9.90 Å². The maximum absolute atomic E-state index is 12.3. The number of ether oxygens (including phenoxy) is 1. The van der Waals surface area contributed by atoms with Crippen molar-refractivity contribution in [3.05, 3.63) is 30.1 Å². The zero-order valence-electron chi connectivity index (χ0n) is 20.1. The van der Waals surface area contributed by atoms with Crippen molar-refractivity contribution in [2.45, 2.75) is 65.0 Å². The smallest absolute Gasteiger partial charge is 0.219 e. The standard InChI is InChI=1S/C25H37N5O3/c1-4-9-19(12-16-31)29(18(2)32)14-7-8-15-30-22(13-17-33-3)28-23-24(30)20-10-5-6-11-21(20)27-25(23)26/h5-6,10-11,19,31H,4,7-9,12-17H2,1-3H3,(H2,26,27). The molecule has 2 aromatic heterocycles. The van der Waals surface area contributed by atoms with Gasteiger partial charge in [0.2, 0.25) is 5.91 Å². The highest BCUT2D eigenvalue weighted by atomic mass is 16.5. The second-order valence-corrected chi connectivity index (χ2v) is 8.51. The Morgan fingerprint density at radius 3 is 2.73 bits per heavy atom. The van der Waals surface area contributed by atoms with Crippen LogP contribution in [0.2, 0.25) is 0 Å². The average Bonchev–Trinajstić information content (AvgIpc) is 3.16. The number of hydrogen-bond acceptors (Lipinski definition) is 6. The van der Waals surface area contributed by atoms with Crippen LogP contribution in [-0.4, -0.2) is 63.4 Å². The number of imidazole rings is 1. The van der Waals surface area contributed by atoms with Crippen LogP contribution >= 0.6 is 0 Å². The minimum atomic E-state index is 0.0700. The van der Waals surface area contributed by atoms with E-state index in [0.29, 0.717) is 31.8 Å². The van der Waals surface area contributed by atoms with Gasteiger partial charge in [-0.05, 0) is 31.7 Å². The molecule has 0 radical (unpaired) electrons. The van der Waals surface area contributed by atoms with Crippen molar-refractivity contribution in [2.75, 3.05) is 32.6 Å². The topological polar surface area (TPSA) is 106 Å². The maximum Gasteiger partial charge on any atom is 0.219 e. The molecular weight excluding hydrogens is 418 g/mol. The number of nitrogens with two attached hydrogens (primary N) is 1. The molecule has 8 nitrogen and oxygen atoms in total. The van der Waals surface area contributed by atoms with Crippen LogP contribution < -0.4 is 5.73 Å². The fourth-order valence-electron chi connectivity index (χ4n) is 4.62. The van der Waals surface area contributed by atoms with Crippen molar-refractivity contribution in [3.8, 4) is 0 Å². The fraction of sp³-hybridized carbons (Fsp3) is 0.560. The predicted octanol–water partition coefficient (Wildman–Crippen LogP) is 3.54. The van der Waals surface area contributed by atoms with Gasteiger partial charge in [0.1, 0.15) is 11.3 Å². The number of methoxy groups -OCH3 is 1. The summed E-state index contributed by atoms with van der Waals surface area (Å²) in [4.78, 5) is 23.6. The molecule has 2 heterocycles. The van der Waals surface area contributed by atoms with Gasteiger partial charge in [-0.15, -0.1) is 0 Å². The first-order valence-corrected chi connectivity index (χ1v) is 11.9. The minimum Gasteiger partial charge on any atom is -0.396 e. The van der Waals surface area contributed by atoms with Gasteiger partial charge in [-0.25, -0.2) is 9.97 Å². The van der Waals surface area contributed by atoms with Gasteiger partial charge in [-0.2, -0.15) is 0 Å². The van der Waals surface area contributed by atoms with E-state index in [1.54, 1.807) is 14.0 Å². The van der Waals surface area contributed by atoms with Crippen LogP contribution in [0.1, 0.15) is 51.8 Å². The first-order valence-electron chi connectivity index (χ1n) is 11.9. The van der Waals surface area contributed by atoms with Crippen molar-refractivity contribution in [2.24, 2.45) is 0 Å². The summed E-state index contributed by atoms with van der Waals surface area (Å²) in [7, 11) is 1.69. The monoisotopic (exact) mass is 455 g/mol. The first-order chi connectivity index (χ1) is 16.0. The Labute approximate surface area is 195 Å². The molecule has 0 saturated carbocycles. The molecule has 3 rings (SSSR count). The molecule has 0 fully saturated rings. The van der Waals surface area contributed by atoms with Crippen molar-refractivity contribution in [1.82, 2.24) is 19.4 Å². The molecule has 0 bridgehead atoms. The third-order valence-corrected chi connectivity index (χ3v) is 6.18. The Morgan fingerprint density at radius 2 is 2.03 bits per heavy atom. The summed E-state index contributed by atoms with van der Waals surface area (Å²) in [5.74, 6) is 1.44. The first kappa shape index (κ1) is 24.9. The zero-order chi connectivity index (χ0) is 23.8. The number of carbonyl (C=O) groups is 1. The molecule has 1 amide bonds. The van der Waals surface area contributed by atoms with Crippen LogP contribution in [0.5, 0.6) is 0 Å². The fourth-order valence-corrected chi connectivity index (χ4v) is 4.62. The van der Waals surface area contributed by atoms with Gasteiger partial charge in [0.05, 0.1) is 17.6 Å². The van der Waals surface area contributed by atoms with Crippen LogP contribution in [0.4, 0.5) is 5.82 Å². The van der Waals surface area contributed by atoms with Crippen molar-refractivity contribution in [1.29, 1.82) is 0 Å². The number of aromatic nitrogens is 3. The number of benzene rings is 1. The molecule has 1 aromatic carbocycles. The number of aliphatic hydroxyl groups excluding tert-OH is 1. The molecule has 33 heavy (non-hydrogen) atoms. The molecule has 1 unspecified atom stereocenters. The third kappa shape index (κ3) is 5.81. The van der Waals surface area contributed by atoms with Crippen molar-refractivity contribution in [3.63, 3.8) is 0 Å². The molecule has 0 spiro atoms. The van der Waals surface area contributed by atoms with Crippen LogP contribution in [0.3, 0.4) is 0 Å². The largest absolute Gasteiger partial charge is 0.396 e. The number of aliphatic hydroxyl groups is 1. The molecule has 0 aliphatic carbocycles. The lowest BCUT2D eigenvalue weighted by atomic mass is 10.1. The highest BCUT2D eigenvalue weighted by Gasteiger charge is 2.20. The van der Waals surface area contributed by atoms with Crippen LogP contribution in [0.15, 0.2) is 24.3 Å². The second-order valence-electron chi connectivity index (χ2n) is 8.51. The lowest BCUT2D eigenvalue weighted by Gasteiger charge is -2.30. The third-order valence-electron chi connectivity index (χ3n) is 6.18. The number of unbranched alkanes of at least 4 members (excludes halogenated alkanes) is 1. The Kier molecular flexibility index (Phi) is 9.03. The summed E-state index contributed by atoms with van der Waals surface area (Å²) in [5, 5.41) is 10.5. The Hall–Kier alpha value is -2.71. The molecule has 0 aliphatic heterocycles. The summed E-state index contributed by atoms with van der Waals surface area (Å²) in [6.07, 6.45) is 4.97. The molecule has 3 aromatic rings. The molecule has 8 heteroatoms. The van der Waals surface area contributed by atoms with E-state index in [1.165, 1.54) is 0 Å². The second kappa shape index (κ2) is 12.0. The van der Waals surface area contributed by atoms with Crippen LogP contribution in [0, 0.1) is 0 Å². The molecular formula is C25H37N5O3. The number of fused-ring (bicyclic) bond motifs is 3. The van der Waals surface area contributed by atoms with Crippen LogP contribution in [0.25, 0.3) is 21.9 Å². The van der Waals surface area contributed by atoms with Gasteiger partial charge in [0.15, 0.2) is 5.82 Å². The number of carbonyl (C=O) groups excluding carboxylic acids is 1. The minimum absolute atomic E-state index is 0.0700. The molecule has 1 atom stereocenters. The van der Waals surface area contributed by atoms with Gasteiger partial charge in [-0.3, -0.25) is 4.79 Å². The summed E-state index contributed by atoms with van der Waals surface area (Å²) in [6, 6.07) is 8.09. The molecule has 0 saturated heterocycles. The number of pyridine rings is 1. The van der Waals surface area contributed by atoms with Gasteiger partial charge in [-0.1, -0.05) is 31.5 Å². The Bertz CT molecular complexity index is 1060. The predicted molar refractivity (Wildman–Crippen MR) is 132 cm³/mol. The van der Waals surface area contributed by atoms with Crippen LogP contribution in [-0.2, 0) is 22.5 Å². The number of amides is 1. The van der Waals surface area contributed by atoms with E-state index in [2.05, 4.69) is 22.5 Å². The van der Waals surface area contributed by atoms with E-state index >= 15 is 0 Å². The summed E-state index contributed by atoms with van der Waals surface area (Å²) in [6.45, 7) is 5.86. The molecule has 0 aliphatic rings. The maximum atomic E-state index is 12.3. The average molecular weight is 456 g/mol. The summed E-state index contributed by atoms with van der Waals surface area (Å²) >= 11 is 0. The van der Waals surface area contributed by atoms with Gasteiger partial charge in [0.25, 0.3) is 0 Å². The van der Waals surface area contributed by atoms with Gasteiger partial charge >= 0.3 is 0 Å². The number of nitrogen functional groups attached to an aromatic ring is 1. The summed E-state index contributed by atoms with van der Waals surface area (Å²) < 4.78 is 7.55. The van der Waals surface area contributed by atoms with E-state index < -0.39 is 0 Å². The number of hydrogen-bond donors (Lipinski definition) is 2. The van der Waals surface area contributed by atoms with Crippen molar-refractivity contribution < 1.29 is 14.6 Å². The lowest BCUT2D eigenvalue weighted by molar-refractivity contribution is -0.131. The zero-order valence-corrected chi connectivity index (χ0v) is 20.1.